The Bertz CT molecular complexity index is 748. The van der Waals surface area contributed by atoms with Gasteiger partial charge >= 0.3 is 0 Å². The Kier molecular flexibility index (Phi) is 2.68. The average Bonchev–Trinajstić information content (AvgIpc) is 2.46. The van der Waals surface area contributed by atoms with Crippen molar-refractivity contribution in [2.24, 2.45) is 5.73 Å². The molecule has 3 N–H and O–H groups in total. The number of hydrogen-bond donors (Lipinski definition) is 2. The molecule has 1 aromatic carbocycles. The summed E-state index contributed by atoms with van der Waals surface area (Å²) < 4.78 is 0. The molecule has 4 nitrogen and oxygen atoms in total. The van der Waals surface area contributed by atoms with Crippen LogP contribution in [-0.4, -0.2) is 15.7 Å². The number of para-hydroxylation sites is 1. The van der Waals surface area contributed by atoms with Gasteiger partial charge < -0.3 is 11.1 Å². The molecule has 1 heterocycles. The molecule has 0 saturated carbocycles. The van der Waals surface area contributed by atoms with Crippen LogP contribution in [0.1, 0.15) is 5.69 Å². The zero-order valence-corrected chi connectivity index (χ0v) is 10.2. The highest BCUT2D eigenvalue weighted by Gasteiger charge is 2.12. The Hall–Kier alpha value is -2.75. The van der Waals surface area contributed by atoms with Gasteiger partial charge in [0.15, 0.2) is 0 Å². The zero-order chi connectivity index (χ0) is 13.2. The smallest absolute Gasteiger partial charge is 0.116 e. The van der Waals surface area contributed by atoms with E-state index in [1.807, 2.05) is 42.5 Å². The predicted molar refractivity (Wildman–Crippen MR) is 76.7 cm³/mol. The Morgan fingerprint density at radius 3 is 2.68 bits per heavy atom. The van der Waals surface area contributed by atoms with Crippen LogP contribution >= 0.6 is 0 Å². The molecule has 92 valence electrons. The first-order valence-electron chi connectivity index (χ1n) is 5.91. The molecule has 4 heteroatoms. The summed E-state index contributed by atoms with van der Waals surface area (Å²) in [7, 11) is 0. The highest BCUT2D eigenvalue weighted by molar-refractivity contribution is 6.14. The number of nitrogens with two attached hydrogens (primary N) is 1. The number of aromatic nitrogens is 2. The van der Waals surface area contributed by atoms with Crippen molar-refractivity contribution >= 4 is 22.3 Å². The quantitative estimate of drug-likeness (QED) is 0.813. The van der Waals surface area contributed by atoms with Crippen LogP contribution < -0.4 is 5.73 Å². The number of fused-ring (bicyclic) bond motifs is 1. The maximum atomic E-state index is 7.91. The van der Waals surface area contributed by atoms with Crippen LogP contribution in [0.15, 0.2) is 60.5 Å². The van der Waals surface area contributed by atoms with Gasteiger partial charge in [-0.25, -0.2) is 9.97 Å². The van der Waals surface area contributed by atoms with Crippen LogP contribution in [-0.2, 0) is 0 Å². The van der Waals surface area contributed by atoms with Crippen LogP contribution in [0.2, 0.25) is 0 Å². The maximum Gasteiger partial charge on any atom is 0.116 e. The highest BCUT2D eigenvalue weighted by atomic mass is 14.9. The Morgan fingerprint density at radius 2 is 1.84 bits per heavy atom. The Morgan fingerprint density at radius 1 is 1.05 bits per heavy atom. The maximum absolute atomic E-state index is 7.91. The number of rotatable bonds is 1. The summed E-state index contributed by atoms with van der Waals surface area (Å²) in [6.07, 6.45) is 8.72. The van der Waals surface area contributed by atoms with E-state index in [9.17, 15) is 0 Å². The molecule has 19 heavy (non-hydrogen) atoms. The summed E-state index contributed by atoms with van der Waals surface area (Å²) in [4.78, 5) is 8.48. The van der Waals surface area contributed by atoms with Crippen molar-refractivity contribution in [3.8, 4) is 0 Å². The first-order chi connectivity index (χ1) is 9.27. The largest absolute Gasteiger partial charge is 0.396 e. The molecule has 1 aliphatic rings. The lowest BCUT2D eigenvalue weighted by atomic mass is 10.0. The van der Waals surface area contributed by atoms with Crippen LogP contribution in [0.25, 0.3) is 16.6 Å². The SMILES string of the molecule is N=C1C=CC=C/C1=C(/N)c1ncnc2ccccc12. The van der Waals surface area contributed by atoms with E-state index in [-0.39, 0.29) is 0 Å². The molecule has 0 fully saturated rings. The normalized spacial score (nSPS) is 16.9. The third-order valence-corrected chi connectivity index (χ3v) is 3.02. The summed E-state index contributed by atoms with van der Waals surface area (Å²) in [6, 6.07) is 7.70. The lowest BCUT2D eigenvalue weighted by Crippen LogP contribution is -2.10. The summed E-state index contributed by atoms with van der Waals surface area (Å²) in [5.41, 5.74) is 9.29. The highest BCUT2D eigenvalue weighted by Crippen LogP contribution is 2.22. The van der Waals surface area contributed by atoms with Gasteiger partial charge in [0.1, 0.15) is 6.33 Å². The molecule has 0 aliphatic heterocycles. The van der Waals surface area contributed by atoms with E-state index in [1.165, 1.54) is 6.33 Å². The van der Waals surface area contributed by atoms with E-state index in [1.54, 1.807) is 6.08 Å². The second kappa shape index (κ2) is 4.49. The van der Waals surface area contributed by atoms with E-state index in [0.29, 0.717) is 22.7 Å². The molecule has 0 atom stereocenters. The average molecular weight is 248 g/mol. The van der Waals surface area contributed by atoms with Gasteiger partial charge in [0.2, 0.25) is 0 Å². The third kappa shape index (κ3) is 1.93. The number of benzene rings is 1. The monoisotopic (exact) mass is 248 g/mol. The molecule has 0 saturated heterocycles. The van der Waals surface area contributed by atoms with Gasteiger partial charge in [0.25, 0.3) is 0 Å². The lowest BCUT2D eigenvalue weighted by molar-refractivity contribution is 1.18. The summed E-state index contributed by atoms with van der Waals surface area (Å²) in [5.74, 6) is 0. The number of nitrogens with zero attached hydrogens (tertiary/aromatic N) is 2. The second-order valence-electron chi connectivity index (χ2n) is 4.20. The topological polar surface area (TPSA) is 75.7 Å². The summed E-state index contributed by atoms with van der Waals surface area (Å²) in [6.45, 7) is 0. The van der Waals surface area contributed by atoms with Crippen molar-refractivity contribution in [3.63, 3.8) is 0 Å². The van der Waals surface area contributed by atoms with Crippen molar-refractivity contribution in [1.82, 2.24) is 9.97 Å². The van der Waals surface area contributed by atoms with Crippen molar-refractivity contribution in [1.29, 1.82) is 5.41 Å². The van der Waals surface area contributed by atoms with Gasteiger partial charge in [-0.2, -0.15) is 0 Å². The summed E-state index contributed by atoms with van der Waals surface area (Å²) in [5, 5.41) is 8.81. The first kappa shape index (κ1) is 11.3. The van der Waals surface area contributed by atoms with E-state index in [0.717, 1.165) is 10.9 Å². The molecule has 1 aromatic heterocycles. The standard InChI is InChI=1S/C15H12N4/c16-12-7-3-1-5-10(12)14(17)15-11-6-2-4-8-13(11)18-9-19-15/h1-9,16H,17H2/b14-10-,16-12?. The molecular weight excluding hydrogens is 236 g/mol. The minimum atomic E-state index is 0.391. The molecule has 0 bridgehead atoms. The van der Waals surface area contributed by atoms with E-state index < -0.39 is 0 Å². The molecule has 1 aliphatic carbocycles. The lowest BCUT2D eigenvalue weighted by Gasteiger charge is -2.11. The Labute approximate surface area is 110 Å². The minimum Gasteiger partial charge on any atom is -0.396 e. The molecule has 0 amide bonds. The molecular formula is C15H12N4. The van der Waals surface area contributed by atoms with Crippen molar-refractivity contribution in [2.75, 3.05) is 0 Å². The van der Waals surface area contributed by atoms with Crippen LogP contribution in [0, 0.1) is 5.41 Å². The number of hydrogen-bond acceptors (Lipinski definition) is 4. The fraction of sp³-hybridized carbons (Fsp3) is 0. The van der Waals surface area contributed by atoms with Crippen molar-refractivity contribution in [3.05, 3.63) is 66.2 Å². The van der Waals surface area contributed by atoms with Crippen molar-refractivity contribution < 1.29 is 0 Å². The zero-order valence-electron chi connectivity index (χ0n) is 10.2. The van der Waals surface area contributed by atoms with Crippen molar-refractivity contribution in [2.45, 2.75) is 0 Å². The molecule has 3 rings (SSSR count). The third-order valence-electron chi connectivity index (χ3n) is 3.02. The molecule has 2 aromatic rings. The van der Waals surface area contributed by atoms with Gasteiger partial charge in [-0.05, 0) is 12.1 Å². The molecule has 0 radical (unpaired) electrons. The fourth-order valence-electron chi connectivity index (χ4n) is 2.06. The minimum absolute atomic E-state index is 0.391. The van der Waals surface area contributed by atoms with Gasteiger partial charge in [0, 0.05) is 11.0 Å². The van der Waals surface area contributed by atoms with Gasteiger partial charge in [-0.1, -0.05) is 36.4 Å². The van der Waals surface area contributed by atoms with Crippen LogP contribution in [0.5, 0.6) is 0 Å². The predicted octanol–water partition coefficient (Wildman–Crippen LogP) is 2.45. The number of allylic oxidation sites excluding steroid dienone is 5. The number of nitrogens with one attached hydrogen (secondary N) is 1. The van der Waals surface area contributed by atoms with E-state index in [2.05, 4.69) is 9.97 Å². The first-order valence-corrected chi connectivity index (χ1v) is 5.91. The summed E-state index contributed by atoms with van der Waals surface area (Å²) >= 11 is 0. The molecule has 0 unspecified atom stereocenters. The fourth-order valence-corrected chi connectivity index (χ4v) is 2.06. The second-order valence-corrected chi connectivity index (χ2v) is 4.20. The van der Waals surface area contributed by atoms with Gasteiger partial charge in [-0.15, -0.1) is 0 Å². The van der Waals surface area contributed by atoms with Gasteiger partial charge in [-0.3, -0.25) is 0 Å². The Balaban J connectivity index is 2.25. The van der Waals surface area contributed by atoms with Gasteiger partial charge in [0.05, 0.1) is 22.6 Å². The van der Waals surface area contributed by atoms with E-state index >= 15 is 0 Å². The molecule has 0 spiro atoms. The van der Waals surface area contributed by atoms with Crippen LogP contribution in [0.4, 0.5) is 0 Å². The van der Waals surface area contributed by atoms with Crippen LogP contribution in [0.3, 0.4) is 0 Å². The van der Waals surface area contributed by atoms with E-state index in [4.69, 9.17) is 11.1 Å².